The van der Waals surface area contributed by atoms with Crippen LogP contribution in [0.2, 0.25) is 0 Å². The van der Waals surface area contributed by atoms with E-state index in [-0.39, 0.29) is 12.1 Å². The number of anilines is 1. The summed E-state index contributed by atoms with van der Waals surface area (Å²) in [5, 5.41) is 9.91. The van der Waals surface area contributed by atoms with E-state index in [1.54, 1.807) is 0 Å². The second kappa shape index (κ2) is 3.42. The van der Waals surface area contributed by atoms with Gasteiger partial charge < -0.3 is 14.7 Å². The smallest absolute Gasteiger partial charge is 0.142 e. The van der Waals surface area contributed by atoms with Crippen molar-refractivity contribution >= 4 is 5.69 Å². The molecule has 3 rings (SSSR count). The molecule has 0 bridgehead atoms. The van der Waals surface area contributed by atoms with Crippen molar-refractivity contribution in [3.8, 4) is 5.75 Å². The van der Waals surface area contributed by atoms with Crippen molar-refractivity contribution in [1.82, 2.24) is 0 Å². The van der Waals surface area contributed by atoms with Crippen LogP contribution in [0.25, 0.3) is 0 Å². The number of rotatable bonds is 0. The topological polar surface area (TPSA) is 32.7 Å². The maximum Gasteiger partial charge on any atom is 0.142 e. The summed E-state index contributed by atoms with van der Waals surface area (Å²) in [7, 11) is 0. The van der Waals surface area contributed by atoms with Crippen LogP contribution in [0.5, 0.6) is 5.75 Å². The minimum atomic E-state index is -0.243. The van der Waals surface area contributed by atoms with E-state index < -0.39 is 0 Å². The van der Waals surface area contributed by atoms with Gasteiger partial charge in [0.15, 0.2) is 0 Å². The number of aliphatic hydroxyl groups is 1. The average molecular weight is 205 g/mol. The third-order valence-corrected chi connectivity index (χ3v) is 3.33. The van der Waals surface area contributed by atoms with Gasteiger partial charge >= 0.3 is 0 Å². The molecule has 3 nitrogen and oxygen atoms in total. The van der Waals surface area contributed by atoms with Crippen molar-refractivity contribution in [3.05, 3.63) is 24.3 Å². The van der Waals surface area contributed by atoms with Gasteiger partial charge in [-0.15, -0.1) is 0 Å². The summed E-state index contributed by atoms with van der Waals surface area (Å²) < 4.78 is 5.66. The van der Waals surface area contributed by atoms with Crippen LogP contribution < -0.4 is 9.64 Å². The van der Waals surface area contributed by atoms with Crippen LogP contribution in [0.1, 0.15) is 12.8 Å². The molecule has 2 atom stereocenters. The fourth-order valence-electron chi connectivity index (χ4n) is 2.53. The summed E-state index contributed by atoms with van der Waals surface area (Å²) in [6, 6.07) is 8.21. The van der Waals surface area contributed by atoms with Gasteiger partial charge in [0.2, 0.25) is 0 Å². The summed E-state index contributed by atoms with van der Waals surface area (Å²) in [5.74, 6) is 0.947. The maximum absolute atomic E-state index is 9.91. The third kappa shape index (κ3) is 1.38. The molecule has 0 saturated carbocycles. The van der Waals surface area contributed by atoms with Gasteiger partial charge in [-0.2, -0.15) is 0 Å². The van der Waals surface area contributed by atoms with Gasteiger partial charge in [0, 0.05) is 6.54 Å². The molecule has 1 aromatic rings. The largest absolute Gasteiger partial charge is 0.489 e. The number of para-hydroxylation sites is 2. The standard InChI is InChI=1S/C12H15NO2/c14-11-5-3-7-13-9-4-1-2-6-12(9)15-8-10(11)13/h1-2,4,6,10-11,14H,3,5,7-8H2. The van der Waals surface area contributed by atoms with Gasteiger partial charge in [0.05, 0.1) is 17.8 Å². The monoisotopic (exact) mass is 205 g/mol. The molecule has 0 amide bonds. The second-order valence-corrected chi connectivity index (χ2v) is 4.25. The molecule has 3 heteroatoms. The Bertz CT molecular complexity index is 366. The highest BCUT2D eigenvalue weighted by Gasteiger charge is 2.35. The maximum atomic E-state index is 9.91. The molecule has 0 aliphatic carbocycles. The van der Waals surface area contributed by atoms with Gasteiger partial charge in [-0.3, -0.25) is 0 Å². The number of ether oxygens (including phenoxy) is 1. The lowest BCUT2D eigenvalue weighted by Gasteiger charge is -2.44. The van der Waals surface area contributed by atoms with Crippen molar-refractivity contribution in [2.45, 2.75) is 25.0 Å². The van der Waals surface area contributed by atoms with E-state index in [1.165, 1.54) is 0 Å². The Morgan fingerprint density at radius 2 is 2.20 bits per heavy atom. The second-order valence-electron chi connectivity index (χ2n) is 4.25. The van der Waals surface area contributed by atoms with Crippen LogP contribution in [-0.2, 0) is 0 Å². The zero-order valence-corrected chi connectivity index (χ0v) is 8.60. The van der Waals surface area contributed by atoms with E-state index in [0.717, 1.165) is 30.8 Å². The molecule has 1 saturated heterocycles. The number of fused-ring (bicyclic) bond motifs is 3. The number of benzene rings is 1. The highest BCUT2D eigenvalue weighted by atomic mass is 16.5. The molecule has 1 fully saturated rings. The van der Waals surface area contributed by atoms with Gasteiger partial charge in [-0.05, 0) is 25.0 Å². The molecule has 2 heterocycles. The van der Waals surface area contributed by atoms with Crippen LogP contribution in [-0.4, -0.2) is 30.4 Å². The zero-order chi connectivity index (χ0) is 10.3. The van der Waals surface area contributed by atoms with Crippen molar-refractivity contribution in [1.29, 1.82) is 0 Å². The molecule has 2 unspecified atom stereocenters. The van der Waals surface area contributed by atoms with E-state index >= 15 is 0 Å². The van der Waals surface area contributed by atoms with Crippen LogP contribution in [0.3, 0.4) is 0 Å². The highest BCUT2D eigenvalue weighted by molar-refractivity contribution is 5.61. The van der Waals surface area contributed by atoms with E-state index in [4.69, 9.17) is 4.74 Å². The molecule has 0 aromatic heterocycles. The Morgan fingerprint density at radius 3 is 3.13 bits per heavy atom. The molecular formula is C12H15NO2. The van der Waals surface area contributed by atoms with Gasteiger partial charge in [-0.25, -0.2) is 0 Å². The lowest BCUT2D eigenvalue weighted by atomic mass is 9.97. The van der Waals surface area contributed by atoms with E-state index in [0.29, 0.717) is 6.61 Å². The number of hydrogen-bond donors (Lipinski definition) is 1. The predicted molar refractivity (Wildman–Crippen MR) is 58.3 cm³/mol. The van der Waals surface area contributed by atoms with Gasteiger partial charge in [0.25, 0.3) is 0 Å². The molecule has 1 aromatic carbocycles. The Hall–Kier alpha value is -1.22. The summed E-state index contributed by atoms with van der Waals surface area (Å²) in [4.78, 5) is 2.28. The fraction of sp³-hybridized carbons (Fsp3) is 0.500. The molecule has 2 aliphatic rings. The number of aliphatic hydroxyl groups excluding tert-OH is 1. The third-order valence-electron chi connectivity index (χ3n) is 3.33. The molecule has 1 N–H and O–H groups in total. The van der Waals surface area contributed by atoms with Crippen molar-refractivity contribution < 1.29 is 9.84 Å². The summed E-state index contributed by atoms with van der Waals surface area (Å²) in [6.45, 7) is 1.64. The Labute approximate surface area is 89.3 Å². The highest BCUT2D eigenvalue weighted by Crippen LogP contribution is 2.36. The first-order valence-electron chi connectivity index (χ1n) is 5.53. The summed E-state index contributed by atoms with van der Waals surface area (Å²) >= 11 is 0. The zero-order valence-electron chi connectivity index (χ0n) is 8.60. The van der Waals surface area contributed by atoms with Crippen LogP contribution >= 0.6 is 0 Å². The molecule has 0 spiro atoms. The van der Waals surface area contributed by atoms with E-state index in [2.05, 4.69) is 11.0 Å². The molecule has 15 heavy (non-hydrogen) atoms. The minimum absolute atomic E-state index is 0.147. The Morgan fingerprint density at radius 1 is 1.33 bits per heavy atom. The Kier molecular flexibility index (Phi) is 2.06. The summed E-state index contributed by atoms with van der Waals surface area (Å²) in [6.07, 6.45) is 1.71. The van der Waals surface area contributed by atoms with Crippen molar-refractivity contribution in [3.63, 3.8) is 0 Å². The first-order chi connectivity index (χ1) is 7.36. The lowest BCUT2D eigenvalue weighted by molar-refractivity contribution is 0.0798. The van der Waals surface area contributed by atoms with Crippen LogP contribution in [0.15, 0.2) is 24.3 Å². The number of hydrogen-bond acceptors (Lipinski definition) is 3. The van der Waals surface area contributed by atoms with Crippen LogP contribution in [0.4, 0.5) is 5.69 Å². The Balaban J connectivity index is 1.99. The summed E-state index contributed by atoms with van der Waals surface area (Å²) in [5.41, 5.74) is 1.13. The number of piperidine rings is 1. The fourth-order valence-corrected chi connectivity index (χ4v) is 2.53. The first-order valence-corrected chi connectivity index (χ1v) is 5.53. The van der Waals surface area contributed by atoms with E-state index in [1.807, 2.05) is 18.2 Å². The first kappa shape index (κ1) is 9.04. The molecule has 2 aliphatic heterocycles. The van der Waals surface area contributed by atoms with Crippen LogP contribution in [0, 0.1) is 0 Å². The number of nitrogens with zero attached hydrogens (tertiary/aromatic N) is 1. The molecular weight excluding hydrogens is 190 g/mol. The quantitative estimate of drug-likeness (QED) is 0.695. The van der Waals surface area contributed by atoms with E-state index in [9.17, 15) is 5.11 Å². The SMILES string of the molecule is OC1CCCN2c3ccccc3OCC12. The van der Waals surface area contributed by atoms with Gasteiger partial charge in [0.1, 0.15) is 12.4 Å². The average Bonchev–Trinajstić information content (AvgIpc) is 2.29. The molecule has 80 valence electrons. The normalized spacial score (nSPS) is 29.0. The van der Waals surface area contributed by atoms with Crippen molar-refractivity contribution in [2.75, 3.05) is 18.1 Å². The predicted octanol–water partition coefficient (Wildman–Crippen LogP) is 1.41. The van der Waals surface area contributed by atoms with Crippen molar-refractivity contribution in [2.24, 2.45) is 0 Å². The molecule has 0 radical (unpaired) electrons. The lowest BCUT2D eigenvalue weighted by Crippen LogP contribution is -2.53. The minimum Gasteiger partial charge on any atom is -0.489 e. The van der Waals surface area contributed by atoms with Gasteiger partial charge in [-0.1, -0.05) is 12.1 Å².